The van der Waals surface area contributed by atoms with Crippen molar-refractivity contribution in [1.29, 1.82) is 0 Å². The molecule has 0 saturated heterocycles. The highest BCUT2D eigenvalue weighted by atomic mass is 16.5. The highest BCUT2D eigenvalue weighted by molar-refractivity contribution is 5.68. The monoisotopic (exact) mass is 424 g/mol. The molecule has 4 atom stereocenters. The van der Waals surface area contributed by atoms with E-state index in [1.165, 1.54) is 16.7 Å². The van der Waals surface area contributed by atoms with Crippen molar-refractivity contribution in [2.75, 3.05) is 13.7 Å². The van der Waals surface area contributed by atoms with Crippen LogP contribution in [-0.4, -0.2) is 24.8 Å². The van der Waals surface area contributed by atoms with E-state index in [2.05, 4.69) is 39.0 Å². The van der Waals surface area contributed by atoms with Gasteiger partial charge in [-0.15, -0.1) is 0 Å². The van der Waals surface area contributed by atoms with E-state index < -0.39 is 5.97 Å². The van der Waals surface area contributed by atoms with Crippen LogP contribution in [0.25, 0.3) is 0 Å². The SMILES string of the molecule is COC(c1cccc2c1CC[C@H]2Oc1ccc2c(c1)OC[C@H]2CC(=O)O)C(C)C(C)C. The molecule has 2 aromatic rings. The van der Waals surface area contributed by atoms with Crippen LogP contribution >= 0.6 is 0 Å². The summed E-state index contributed by atoms with van der Waals surface area (Å²) < 4.78 is 18.1. The predicted molar refractivity (Wildman–Crippen MR) is 119 cm³/mol. The summed E-state index contributed by atoms with van der Waals surface area (Å²) in [6.45, 7) is 7.14. The van der Waals surface area contributed by atoms with Gasteiger partial charge in [0.15, 0.2) is 0 Å². The molecule has 0 spiro atoms. The number of fused-ring (bicyclic) bond motifs is 2. The van der Waals surface area contributed by atoms with Crippen molar-refractivity contribution in [3.05, 3.63) is 58.7 Å². The molecular weight excluding hydrogens is 392 g/mol. The van der Waals surface area contributed by atoms with Gasteiger partial charge in [0.1, 0.15) is 17.6 Å². The minimum Gasteiger partial charge on any atom is -0.492 e. The molecule has 1 heterocycles. The Hall–Kier alpha value is -2.53. The first-order valence-corrected chi connectivity index (χ1v) is 11.2. The van der Waals surface area contributed by atoms with Crippen LogP contribution < -0.4 is 9.47 Å². The van der Waals surface area contributed by atoms with Gasteiger partial charge in [-0.3, -0.25) is 4.79 Å². The van der Waals surface area contributed by atoms with Crippen LogP contribution in [0.15, 0.2) is 36.4 Å². The highest BCUT2D eigenvalue weighted by Gasteiger charge is 2.32. The molecule has 5 nitrogen and oxygen atoms in total. The zero-order chi connectivity index (χ0) is 22.1. The van der Waals surface area contributed by atoms with Gasteiger partial charge >= 0.3 is 5.97 Å². The Morgan fingerprint density at radius 3 is 2.71 bits per heavy atom. The van der Waals surface area contributed by atoms with Crippen molar-refractivity contribution >= 4 is 5.97 Å². The lowest BCUT2D eigenvalue weighted by atomic mass is 9.85. The Morgan fingerprint density at radius 2 is 2.00 bits per heavy atom. The van der Waals surface area contributed by atoms with Gasteiger partial charge in [-0.05, 0) is 47.4 Å². The molecule has 166 valence electrons. The lowest BCUT2D eigenvalue weighted by Gasteiger charge is -2.28. The van der Waals surface area contributed by atoms with Crippen LogP contribution in [0.5, 0.6) is 11.5 Å². The second-order valence-electron chi connectivity index (χ2n) is 9.13. The fourth-order valence-electron chi connectivity index (χ4n) is 4.88. The maximum atomic E-state index is 11.1. The van der Waals surface area contributed by atoms with E-state index in [-0.39, 0.29) is 24.5 Å². The number of carboxylic acid groups (broad SMARTS) is 1. The van der Waals surface area contributed by atoms with Crippen LogP contribution in [0.2, 0.25) is 0 Å². The third-order valence-corrected chi connectivity index (χ3v) is 6.91. The van der Waals surface area contributed by atoms with E-state index in [4.69, 9.17) is 19.3 Å². The highest BCUT2D eigenvalue weighted by Crippen LogP contribution is 2.43. The van der Waals surface area contributed by atoms with Crippen molar-refractivity contribution < 1.29 is 24.1 Å². The molecule has 2 unspecified atom stereocenters. The molecule has 0 amide bonds. The van der Waals surface area contributed by atoms with Crippen molar-refractivity contribution in [2.45, 2.75) is 58.2 Å². The number of carboxylic acids is 1. The number of hydrogen-bond donors (Lipinski definition) is 1. The first-order chi connectivity index (χ1) is 14.9. The summed E-state index contributed by atoms with van der Waals surface area (Å²) in [5, 5.41) is 9.09. The Labute approximate surface area is 184 Å². The van der Waals surface area contributed by atoms with Gasteiger partial charge in [0.05, 0.1) is 19.1 Å². The third-order valence-electron chi connectivity index (χ3n) is 6.91. The fraction of sp³-hybridized carbons (Fsp3) is 0.500. The Bertz CT molecular complexity index is 951. The van der Waals surface area contributed by atoms with Gasteiger partial charge in [-0.1, -0.05) is 45.0 Å². The molecule has 2 aromatic carbocycles. The van der Waals surface area contributed by atoms with Gasteiger partial charge in [-0.25, -0.2) is 0 Å². The lowest BCUT2D eigenvalue weighted by Crippen LogP contribution is -2.18. The summed E-state index contributed by atoms with van der Waals surface area (Å²) in [4.78, 5) is 11.1. The van der Waals surface area contributed by atoms with Crippen molar-refractivity contribution in [3.63, 3.8) is 0 Å². The topological polar surface area (TPSA) is 65.0 Å². The van der Waals surface area contributed by atoms with Gasteiger partial charge in [0, 0.05) is 24.7 Å². The number of carbonyl (C=O) groups is 1. The zero-order valence-electron chi connectivity index (χ0n) is 18.8. The number of aliphatic carboxylic acids is 1. The minimum absolute atomic E-state index is 0.00363. The average molecular weight is 425 g/mol. The standard InChI is InChI=1S/C26H32O5/c1-15(2)16(3)26(29-4)22-7-5-6-21-20(22)10-11-23(21)31-18-8-9-19-17(12-25(27)28)14-30-24(19)13-18/h5-9,13,15-17,23,26H,10-12,14H2,1-4H3,(H,27,28)/t16?,17-,23-,26?/m1/s1. The molecule has 0 saturated carbocycles. The molecule has 31 heavy (non-hydrogen) atoms. The molecule has 0 aromatic heterocycles. The summed E-state index contributed by atoms with van der Waals surface area (Å²) in [5.74, 6) is 1.55. The van der Waals surface area contributed by atoms with Crippen molar-refractivity contribution in [2.24, 2.45) is 11.8 Å². The van der Waals surface area contributed by atoms with Crippen LogP contribution in [0.3, 0.4) is 0 Å². The average Bonchev–Trinajstić information content (AvgIpc) is 3.32. The smallest absolute Gasteiger partial charge is 0.304 e. The predicted octanol–water partition coefficient (Wildman–Crippen LogP) is 5.68. The molecule has 0 radical (unpaired) electrons. The van der Waals surface area contributed by atoms with Gasteiger partial charge in [0.2, 0.25) is 0 Å². The third kappa shape index (κ3) is 4.29. The van der Waals surface area contributed by atoms with Gasteiger partial charge < -0.3 is 19.3 Å². The van der Waals surface area contributed by atoms with Crippen molar-refractivity contribution in [1.82, 2.24) is 0 Å². The zero-order valence-corrected chi connectivity index (χ0v) is 18.8. The molecule has 0 bridgehead atoms. The normalized spacial score (nSPS) is 21.3. The molecule has 1 aliphatic carbocycles. The molecular formula is C26H32O5. The second-order valence-corrected chi connectivity index (χ2v) is 9.13. The largest absolute Gasteiger partial charge is 0.492 e. The molecule has 5 heteroatoms. The second kappa shape index (κ2) is 8.91. The molecule has 4 rings (SSSR count). The maximum absolute atomic E-state index is 11.1. The number of ether oxygens (including phenoxy) is 3. The van der Waals surface area contributed by atoms with E-state index >= 15 is 0 Å². The summed E-state index contributed by atoms with van der Waals surface area (Å²) >= 11 is 0. The van der Waals surface area contributed by atoms with Crippen LogP contribution in [0.4, 0.5) is 0 Å². The van der Waals surface area contributed by atoms with Gasteiger partial charge in [-0.2, -0.15) is 0 Å². The quantitative estimate of drug-likeness (QED) is 0.590. The van der Waals surface area contributed by atoms with Crippen LogP contribution in [0.1, 0.15) is 74.0 Å². The van der Waals surface area contributed by atoms with E-state index in [0.29, 0.717) is 18.4 Å². The Balaban J connectivity index is 1.54. The van der Waals surface area contributed by atoms with E-state index in [0.717, 1.165) is 29.9 Å². The van der Waals surface area contributed by atoms with E-state index in [9.17, 15) is 4.79 Å². The Morgan fingerprint density at radius 1 is 1.19 bits per heavy atom. The molecule has 1 N–H and O–H groups in total. The summed E-state index contributed by atoms with van der Waals surface area (Å²) in [6, 6.07) is 12.2. The van der Waals surface area contributed by atoms with E-state index in [1.807, 2.05) is 18.2 Å². The minimum atomic E-state index is -0.804. The fourth-order valence-corrected chi connectivity index (χ4v) is 4.88. The first-order valence-electron chi connectivity index (χ1n) is 11.2. The summed E-state index contributed by atoms with van der Waals surface area (Å²) in [5.41, 5.74) is 4.82. The molecule has 2 aliphatic rings. The first kappa shape index (κ1) is 21.7. The Kier molecular flexibility index (Phi) is 6.24. The van der Waals surface area contributed by atoms with E-state index in [1.54, 1.807) is 7.11 Å². The van der Waals surface area contributed by atoms with Gasteiger partial charge in [0.25, 0.3) is 0 Å². The maximum Gasteiger partial charge on any atom is 0.304 e. The molecule has 0 fully saturated rings. The lowest BCUT2D eigenvalue weighted by molar-refractivity contribution is -0.137. The number of hydrogen-bond acceptors (Lipinski definition) is 4. The summed E-state index contributed by atoms with van der Waals surface area (Å²) in [6.07, 6.45) is 2.06. The molecule has 1 aliphatic heterocycles. The number of benzene rings is 2. The van der Waals surface area contributed by atoms with Crippen LogP contribution in [0, 0.1) is 11.8 Å². The number of rotatable bonds is 8. The van der Waals surface area contributed by atoms with Crippen molar-refractivity contribution in [3.8, 4) is 11.5 Å². The van der Waals surface area contributed by atoms with Crippen LogP contribution in [-0.2, 0) is 16.0 Å². The summed E-state index contributed by atoms with van der Waals surface area (Å²) in [7, 11) is 1.80. The number of methoxy groups -OCH3 is 1.